The first-order valence-electron chi connectivity index (χ1n) is 6.77. The Balaban J connectivity index is 2.13. The fourth-order valence-corrected chi connectivity index (χ4v) is 2.37. The van der Waals surface area contributed by atoms with Gasteiger partial charge in [-0.05, 0) is 37.6 Å². The van der Waals surface area contributed by atoms with Crippen molar-refractivity contribution in [1.29, 1.82) is 0 Å². The highest BCUT2D eigenvalue weighted by Gasteiger charge is 2.16. The first kappa shape index (κ1) is 13.3. The Hall–Kier alpha value is -1.13. The van der Waals surface area contributed by atoms with Gasteiger partial charge in [0.2, 0.25) is 0 Å². The zero-order valence-corrected chi connectivity index (χ0v) is 11.7. The maximum absolute atomic E-state index is 6.08. The summed E-state index contributed by atoms with van der Waals surface area (Å²) in [6, 6.07) is 2.29. The van der Waals surface area contributed by atoms with Gasteiger partial charge in [-0.25, -0.2) is 4.98 Å². The van der Waals surface area contributed by atoms with Crippen LogP contribution < -0.4 is 10.6 Å². The van der Waals surface area contributed by atoms with Crippen LogP contribution in [0.5, 0.6) is 0 Å². The zero-order valence-electron chi connectivity index (χ0n) is 11.7. The number of hydrogen-bond donors (Lipinski definition) is 1. The van der Waals surface area contributed by atoms with Crippen LogP contribution in [-0.4, -0.2) is 43.1 Å². The number of anilines is 1. The van der Waals surface area contributed by atoms with Crippen LogP contribution in [0, 0.1) is 6.92 Å². The zero-order chi connectivity index (χ0) is 13.1. The van der Waals surface area contributed by atoms with E-state index in [0.29, 0.717) is 0 Å². The molecular formula is C14H24N4. The summed E-state index contributed by atoms with van der Waals surface area (Å²) in [4.78, 5) is 9.29. The summed E-state index contributed by atoms with van der Waals surface area (Å²) in [7, 11) is 2.17. The number of hydrogen-bond acceptors (Lipinski definition) is 4. The van der Waals surface area contributed by atoms with Gasteiger partial charge in [0.15, 0.2) is 0 Å². The molecule has 1 fully saturated rings. The Morgan fingerprint density at radius 2 is 2.00 bits per heavy atom. The lowest BCUT2D eigenvalue weighted by Gasteiger charge is -2.33. The number of pyridine rings is 1. The van der Waals surface area contributed by atoms with Crippen LogP contribution in [0.1, 0.15) is 30.5 Å². The molecule has 1 aromatic heterocycles. The van der Waals surface area contributed by atoms with Gasteiger partial charge in [0.1, 0.15) is 5.82 Å². The van der Waals surface area contributed by atoms with E-state index in [1.54, 1.807) is 0 Å². The van der Waals surface area contributed by atoms with Crippen molar-refractivity contribution >= 4 is 5.82 Å². The maximum Gasteiger partial charge on any atom is 0.128 e. The van der Waals surface area contributed by atoms with Crippen molar-refractivity contribution in [1.82, 2.24) is 9.88 Å². The third-order valence-electron chi connectivity index (χ3n) is 3.80. The van der Waals surface area contributed by atoms with E-state index in [9.17, 15) is 0 Å². The number of likely N-dealkylation sites (N-methyl/N-ethyl adjacent to an activating group) is 1. The Morgan fingerprint density at radius 3 is 2.56 bits per heavy atom. The van der Waals surface area contributed by atoms with Crippen molar-refractivity contribution in [3.63, 3.8) is 0 Å². The van der Waals surface area contributed by atoms with E-state index in [0.717, 1.165) is 38.4 Å². The summed E-state index contributed by atoms with van der Waals surface area (Å²) in [5.41, 5.74) is 8.52. The number of rotatable bonds is 3. The topological polar surface area (TPSA) is 45.4 Å². The molecule has 2 heterocycles. The van der Waals surface area contributed by atoms with E-state index >= 15 is 0 Å². The van der Waals surface area contributed by atoms with Crippen molar-refractivity contribution in [3.8, 4) is 0 Å². The van der Waals surface area contributed by atoms with Gasteiger partial charge in [-0.1, -0.05) is 6.92 Å². The highest BCUT2D eigenvalue weighted by molar-refractivity contribution is 5.44. The predicted molar refractivity (Wildman–Crippen MR) is 75.9 cm³/mol. The lowest BCUT2D eigenvalue weighted by Crippen LogP contribution is -2.44. The van der Waals surface area contributed by atoms with Crippen LogP contribution in [0.15, 0.2) is 12.3 Å². The summed E-state index contributed by atoms with van der Waals surface area (Å²) in [5, 5.41) is 0. The minimum absolute atomic E-state index is 0.110. The third-order valence-corrected chi connectivity index (χ3v) is 3.80. The first-order chi connectivity index (χ1) is 8.61. The second kappa shape index (κ2) is 5.67. The van der Waals surface area contributed by atoms with Gasteiger partial charge >= 0.3 is 0 Å². The second-order valence-corrected chi connectivity index (χ2v) is 5.20. The molecular weight excluding hydrogens is 224 g/mol. The molecule has 2 N–H and O–H groups in total. The molecule has 1 saturated heterocycles. The molecule has 0 aromatic carbocycles. The maximum atomic E-state index is 6.08. The third kappa shape index (κ3) is 2.82. The fraction of sp³-hybridized carbons (Fsp3) is 0.643. The van der Waals surface area contributed by atoms with Gasteiger partial charge in [0.25, 0.3) is 0 Å². The number of nitrogens with two attached hydrogens (primary N) is 1. The molecule has 0 aliphatic carbocycles. The van der Waals surface area contributed by atoms with Crippen molar-refractivity contribution in [3.05, 3.63) is 23.4 Å². The standard InChI is InChI=1S/C14H24N4/c1-4-13(15)12-10-16-14(9-11(12)2)18-7-5-17(3)6-8-18/h9-10,13H,4-8,15H2,1-3H3/t13-/m1/s1. The van der Waals surface area contributed by atoms with Crippen LogP contribution in [0.3, 0.4) is 0 Å². The monoisotopic (exact) mass is 248 g/mol. The second-order valence-electron chi connectivity index (χ2n) is 5.20. The van der Waals surface area contributed by atoms with Gasteiger partial charge in [0.05, 0.1) is 0 Å². The van der Waals surface area contributed by atoms with Crippen LogP contribution in [0.2, 0.25) is 0 Å². The van der Waals surface area contributed by atoms with Crippen LogP contribution >= 0.6 is 0 Å². The van der Waals surface area contributed by atoms with E-state index in [1.807, 2.05) is 6.20 Å². The fourth-order valence-electron chi connectivity index (χ4n) is 2.37. The van der Waals surface area contributed by atoms with Crippen molar-refractivity contribution in [2.75, 3.05) is 38.1 Å². The Morgan fingerprint density at radius 1 is 1.33 bits per heavy atom. The smallest absolute Gasteiger partial charge is 0.128 e. The van der Waals surface area contributed by atoms with E-state index in [1.165, 1.54) is 11.1 Å². The lowest BCUT2D eigenvalue weighted by molar-refractivity contribution is 0.312. The summed E-state index contributed by atoms with van der Waals surface area (Å²) >= 11 is 0. The molecule has 2 rings (SSSR count). The first-order valence-corrected chi connectivity index (χ1v) is 6.77. The summed E-state index contributed by atoms with van der Waals surface area (Å²) in [5.74, 6) is 1.09. The Bertz CT molecular complexity index is 397. The van der Waals surface area contributed by atoms with E-state index in [-0.39, 0.29) is 6.04 Å². The minimum atomic E-state index is 0.110. The lowest BCUT2D eigenvalue weighted by atomic mass is 10.0. The highest BCUT2D eigenvalue weighted by atomic mass is 15.3. The summed E-state index contributed by atoms with van der Waals surface area (Å²) in [6.07, 6.45) is 2.91. The van der Waals surface area contributed by atoms with Crippen molar-refractivity contribution in [2.45, 2.75) is 26.3 Å². The number of piperazine rings is 1. The van der Waals surface area contributed by atoms with Gasteiger partial charge in [0, 0.05) is 38.4 Å². The number of nitrogens with zero attached hydrogens (tertiary/aromatic N) is 3. The van der Waals surface area contributed by atoms with Crippen molar-refractivity contribution in [2.24, 2.45) is 5.73 Å². The SMILES string of the molecule is CC[C@@H](N)c1cnc(N2CCN(C)CC2)cc1C. The van der Waals surface area contributed by atoms with Gasteiger partial charge in [-0.2, -0.15) is 0 Å². The predicted octanol–water partition coefficient (Wildman–Crippen LogP) is 1.55. The molecule has 1 aromatic rings. The highest BCUT2D eigenvalue weighted by Crippen LogP contribution is 2.22. The number of aromatic nitrogens is 1. The van der Waals surface area contributed by atoms with E-state index in [4.69, 9.17) is 5.73 Å². The van der Waals surface area contributed by atoms with Gasteiger partial charge in [-0.15, -0.1) is 0 Å². The summed E-state index contributed by atoms with van der Waals surface area (Å²) in [6.45, 7) is 8.57. The van der Waals surface area contributed by atoms with Gasteiger partial charge in [-0.3, -0.25) is 0 Å². The van der Waals surface area contributed by atoms with Gasteiger partial charge < -0.3 is 15.5 Å². The number of aryl methyl sites for hydroxylation is 1. The Kier molecular flexibility index (Phi) is 4.19. The van der Waals surface area contributed by atoms with Crippen LogP contribution in [0.4, 0.5) is 5.82 Å². The molecule has 0 radical (unpaired) electrons. The molecule has 1 aliphatic rings. The molecule has 0 spiro atoms. The van der Waals surface area contributed by atoms with E-state index < -0.39 is 0 Å². The summed E-state index contributed by atoms with van der Waals surface area (Å²) < 4.78 is 0. The molecule has 1 aliphatic heterocycles. The normalized spacial score (nSPS) is 19.0. The average Bonchev–Trinajstić information content (AvgIpc) is 2.38. The minimum Gasteiger partial charge on any atom is -0.354 e. The molecule has 100 valence electrons. The van der Waals surface area contributed by atoms with Crippen molar-refractivity contribution < 1.29 is 0 Å². The molecule has 4 nitrogen and oxygen atoms in total. The molecule has 0 unspecified atom stereocenters. The molecule has 1 atom stereocenters. The quantitative estimate of drug-likeness (QED) is 0.881. The Labute approximate surface area is 110 Å². The van der Waals surface area contributed by atoms with Crippen LogP contribution in [0.25, 0.3) is 0 Å². The molecule has 0 bridgehead atoms. The largest absolute Gasteiger partial charge is 0.354 e. The average molecular weight is 248 g/mol. The van der Waals surface area contributed by atoms with E-state index in [2.05, 4.69) is 41.7 Å². The molecule has 0 saturated carbocycles. The van der Waals surface area contributed by atoms with Crippen LogP contribution in [-0.2, 0) is 0 Å². The molecule has 4 heteroatoms. The molecule has 0 amide bonds. The molecule has 18 heavy (non-hydrogen) atoms.